The lowest BCUT2D eigenvalue weighted by Gasteiger charge is -2.30. The fraction of sp³-hybridized carbons (Fsp3) is 0.923. The van der Waals surface area contributed by atoms with Crippen LogP contribution in [0, 0.1) is 5.92 Å². The predicted octanol–water partition coefficient (Wildman–Crippen LogP) is 4.97. The number of ether oxygens (including phenoxy) is 1. The molecule has 0 saturated carbocycles. The van der Waals surface area contributed by atoms with Crippen LogP contribution in [-0.4, -0.2) is 103 Å². The van der Waals surface area contributed by atoms with Gasteiger partial charge >= 0.3 is 29.1 Å². The normalized spacial score (nSPS) is 12.8. The van der Waals surface area contributed by atoms with Crippen molar-refractivity contribution in [2.24, 2.45) is 5.92 Å². The highest BCUT2D eigenvalue weighted by atomic mass is 28.4. The predicted molar refractivity (Wildman–Crippen MR) is 155 cm³/mol. The summed E-state index contributed by atoms with van der Waals surface area (Å²) in [6, 6.07) is 1.79. The summed E-state index contributed by atoms with van der Waals surface area (Å²) in [5.41, 5.74) is 0. The van der Waals surface area contributed by atoms with Gasteiger partial charge in [-0.3, -0.25) is 9.59 Å². The van der Waals surface area contributed by atoms with Crippen LogP contribution in [0.2, 0.25) is 25.2 Å². The van der Waals surface area contributed by atoms with Crippen molar-refractivity contribution >= 4 is 29.1 Å². The summed E-state index contributed by atoms with van der Waals surface area (Å²) in [6.45, 7) is 21.6. The molecule has 0 aromatic heterocycles. The van der Waals surface area contributed by atoms with E-state index >= 15 is 0 Å². The summed E-state index contributed by atoms with van der Waals surface area (Å²) >= 11 is 0. The van der Waals surface area contributed by atoms with E-state index in [1.54, 1.807) is 6.92 Å². The highest BCUT2D eigenvalue weighted by molar-refractivity contribution is 6.66. The van der Waals surface area contributed by atoms with E-state index in [2.05, 4.69) is 18.0 Å². The van der Waals surface area contributed by atoms with E-state index in [0.29, 0.717) is 52.6 Å². The van der Waals surface area contributed by atoms with Crippen molar-refractivity contribution in [1.29, 1.82) is 0 Å². The van der Waals surface area contributed by atoms with Crippen molar-refractivity contribution in [1.82, 2.24) is 4.90 Å². The summed E-state index contributed by atoms with van der Waals surface area (Å²) in [5.74, 6) is -1.95. The van der Waals surface area contributed by atoms with Gasteiger partial charge < -0.3 is 37.6 Å². The summed E-state index contributed by atoms with van der Waals surface area (Å²) in [4.78, 5) is 23.5. The van der Waals surface area contributed by atoms with Crippen LogP contribution in [-0.2, 0) is 32.0 Å². The minimum atomic E-state index is -2.18. The molecule has 12 heteroatoms. The van der Waals surface area contributed by atoms with Gasteiger partial charge in [0.25, 0.3) is 0 Å². The highest BCUT2D eigenvalue weighted by Gasteiger charge is 2.32. The lowest BCUT2D eigenvalue weighted by Crippen LogP contribution is -2.42. The van der Waals surface area contributed by atoms with Crippen molar-refractivity contribution in [3.8, 4) is 0 Å². The summed E-state index contributed by atoms with van der Waals surface area (Å²) in [6.07, 6.45) is 2.59. The number of hydrogen-bond acceptors (Lipinski definition) is 8. The van der Waals surface area contributed by atoms with Gasteiger partial charge in [-0.15, -0.1) is 0 Å². The second-order valence-corrected chi connectivity index (χ2v) is 16.0. The Kier molecular flexibility index (Phi) is 24.8. The van der Waals surface area contributed by atoms with Crippen LogP contribution >= 0.6 is 0 Å². The number of carbonyl (C=O) groups is 2. The van der Waals surface area contributed by atoms with Crippen molar-refractivity contribution in [2.45, 2.75) is 92.4 Å². The zero-order chi connectivity index (χ0) is 29.5. The fourth-order valence-corrected chi connectivity index (χ4v) is 8.90. The second kappa shape index (κ2) is 24.0. The first kappa shape index (κ1) is 39.3. The standard InChI is InChI=1S/C23H51NO7Si2.C3H6O2/c1-8-27-18-15-22(23(25)26)21-24(16-13-19-32(6,28-9-2)29-10-3)17-14-20-33(7,30-11-4)31-12-5;1-2-3(4)5/h22H,8-21H2,1-7H3,(H,25,26);2H2,1H3,(H,4,5). The summed E-state index contributed by atoms with van der Waals surface area (Å²) in [5, 5.41) is 17.5. The molecule has 0 rings (SSSR count). The van der Waals surface area contributed by atoms with Crippen LogP contribution in [0.1, 0.15) is 67.2 Å². The third-order valence-electron chi connectivity index (χ3n) is 5.95. The van der Waals surface area contributed by atoms with E-state index < -0.39 is 35.0 Å². The van der Waals surface area contributed by atoms with Crippen LogP contribution in [0.3, 0.4) is 0 Å². The molecule has 0 fully saturated rings. The van der Waals surface area contributed by atoms with Gasteiger partial charge in [-0.05, 0) is 92.2 Å². The largest absolute Gasteiger partial charge is 0.481 e. The monoisotopic (exact) mass is 583 g/mol. The molecule has 0 aliphatic heterocycles. The van der Waals surface area contributed by atoms with Crippen LogP contribution in [0.25, 0.3) is 0 Å². The Balaban J connectivity index is 0. The van der Waals surface area contributed by atoms with Gasteiger partial charge in [0, 0.05) is 52.6 Å². The van der Waals surface area contributed by atoms with Crippen LogP contribution < -0.4 is 0 Å². The maximum Gasteiger partial charge on any atom is 0.334 e. The quantitative estimate of drug-likeness (QED) is 0.119. The maximum atomic E-state index is 11.9. The molecular weight excluding hydrogens is 526 g/mol. The molecule has 0 aromatic rings. The number of rotatable bonds is 24. The molecule has 2 N–H and O–H groups in total. The first-order valence-electron chi connectivity index (χ1n) is 14.3. The molecule has 0 bridgehead atoms. The number of carboxylic acid groups (broad SMARTS) is 2. The van der Waals surface area contributed by atoms with Crippen LogP contribution in [0.15, 0.2) is 0 Å². The van der Waals surface area contributed by atoms with Gasteiger partial charge in [0.05, 0.1) is 5.92 Å². The number of carboxylic acids is 2. The van der Waals surface area contributed by atoms with Crippen molar-refractivity contribution < 1.29 is 42.2 Å². The molecule has 0 saturated heterocycles. The molecule has 1 atom stereocenters. The van der Waals surface area contributed by atoms with E-state index in [9.17, 15) is 14.7 Å². The van der Waals surface area contributed by atoms with E-state index in [1.807, 2.05) is 34.6 Å². The lowest BCUT2D eigenvalue weighted by atomic mass is 10.1. The van der Waals surface area contributed by atoms with E-state index in [-0.39, 0.29) is 6.42 Å². The minimum absolute atomic E-state index is 0.222. The smallest absolute Gasteiger partial charge is 0.334 e. The zero-order valence-corrected chi connectivity index (χ0v) is 27.4. The Morgan fingerprint density at radius 2 is 1.13 bits per heavy atom. The molecule has 0 spiro atoms. The maximum absolute atomic E-state index is 11.9. The van der Waals surface area contributed by atoms with Gasteiger partial charge in [0.15, 0.2) is 0 Å². The average molecular weight is 584 g/mol. The molecule has 38 heavy (non-hydrogen) atoms. The van der Waals surface area contributed by atoms with Gasteiger partial charge in [0.2, 0.25) is 0 Å². The average Bonchev–Trinajstić information content (AvgIpc) is 2.84. The third kappa shape index (κ3) is 21.0. The van der Waals surface area contributed by atoms with Gasteiger partial charge in [-0.25, -0.2) is 0 Å². The Morgan fingerprint density at radius 3 is 1.42 bits per heavy atom. The molecule has 0 aliphatic carbocycles. The van der Waals surface area contributed by atoms with E-state index in [0.717, 1.165) is 38.0 Å². The first-order chi connectivity index (χ1) is 18.0. The summed E-state index contributed by atoms with van der Waals surface area (Å²) < 4.78 is 29.3. The zero-order valence-electron chi connectivity index (χ0n) is 25.4. The molecule has 0 aromatic carbocycles. The Morgan fingerprint density at radius 1 is 0.737 bits per heavy atom. The molecule has 0 radical (unpaired) electrons. The lowest BCUT2D eigenvalue weighted by molar-refractivity contribution is -0.143. The molecule has 228 valence electrons. The highest BCUT2D eigenvalue weighted by Crippen LogP contribution is 2.20. The van der Waals surface area contributed by atoms with Crippen molar-refractivity contribution in [2.75, 3.05) is 59.3 Å². The minimum Gasteiger partial charge on any atom is -0.481 e. The Hall–Kier alpha value is -0.866. The van der Waals surface area contributed by atoms with Crippen molar-refractivity contribution in [3.05, 3.63) is 0 Å². The van der Waals surface area contributed by atoms with Crippen molar-refractivity contribution in [3.63, 3.8) is 0 Å². The third-order valence-corrected chi connectivity index (χ3v) is 12.1. The number of hydrogen-bond donors (Lipinski definition) is 2. The van der Waals surface area contributed by atoms with E-state index in [1.165, 1.54) is 0 Å². The molecule has 10 nitrogen and oxygen atoms in total. The van der Waals surface area contributed by atoms with Gasteiger partial charge in [-0.2, -0.15) is 0 Å². The molecular formula is C26H57NO9Si2. The van der Waals surface area contributed by atoms with Crippen LogP contribution in [0.5, 0.6) is 0 Å². The van der Waals surface area contributed by atoms with Crippen LogP contribution in [0.4, 0.5) is 0 Å². The Bertz CT molecular complexity index is 559. The second-order valence-electron chi connectivity index (χ2n) is 9.28. The molecule has 0 aliphatic rings. The first-order valence-corrected chi connectivity index (χ1v) is 19.3. The number of aliphatic carboxylic acids is 2. The van der Waals surface area contributed by atoms with E-state index in [4.69, 9.17) is 27.5 Å². The molecule has 1 unspecified atom stereocenters. The summed E-state index contributed by atoms with van der Waals surface area (Å²) in [7, 11) is -4.37. The Labute approximate surface area is 233 Å². The fourth-order valence-electron chi connectivity index (χ4n) is 4.11. The van der Waals surface area contributed by atoms with Gasteiger partial charge in [0.1, 0.15) is 0 Å². The van der Waals surface area contributed by atoms with Gasteiger partial charge in [-0.1, -0.05) is 6.92 Å². The molecule has 0 heterocycles. The SMILES string of the molecule is CCC(=O)O.CCOCCC(CN(CCC[Si](C)(OCC)OCC)CCC[Si](C)(OCC)OCC)C(=O)O. The number of nitrogens with zero attached hydrogens (tertiary/aromatic N) is 1. The topological polar surface area (TPSA) is 124 Å². The molecule has 0 amide bonds.